The zero-order valence-corrected chi connectivity index (χ0v) is 13.0. The standard InChI is InChI=1S/C14H19BrO3/c1-9(2)17-11-7-6-10(15)8-12(11)18-13(16)14(3,4)5/h6-9H,1-5H3. The van der Waals surface area contributed by atoms with Gasteiger partial charge in [0, 0.05) is 4.47 Å². The van der Waals surface area contributed by atoms with E-state index in [9.17, 15) is 4.79 Å². The van der Waals surface area contributed by atoms with Crippen LogP contribution in [0.15, 0.2) is 22.7 Å². The quantitative estimate of drug-likeness (QED) is 0.620. The number of benzene rings is 1. The van der Waals surface area contributed by atoms with Crippen LogP contribution < -0.4 is 9.47 Å². The molecule has 0 unspecified atom stereocenters. The number of carbonyl (C=O) groups excluding carboxylic acids is 1. The van der Waals surface area contributed by atoms with Gasteiger partial charge < -0.3 is 9.47 Å². The van der Waals surface area contributed by atoms with Crippen LogP contribution in [0.3, 0.4) is 0 Å². The maximum atomic E-state index is 11.9. The van der Waals surface area contributed by atoms with Gasteiger partial charge in [-0.2, -0.15) is 0 Å². The van der Waals surface area contributed by atoms with Crippen LogP contribution >= 0.6 is 15.9 Å². The maximum absolute atomic E-state index is 11.9. The van der Waals surface area contributed by atoms with Crippen LogP contribution in [-0.4, -0.2) is 12.1 Å². The zero-order chi connectivity index (χ0) is 13.9. The second kappa shape index (κ2) is 5.74. The van der Waals surface area contributed by atoms with Gasteiger partial charge in [0.05, 0.1) is 11.5 Å². The molecule has 0 fully saturated rings. The number of rotatable bonds is 3. The van der Waals surface area contributed by atoms with E-state index in [0.717, 1.165) is 4.47 Å². The fourth-order valence-corrected chi connectivity index (χ4v) is 1.51. The molecule has 0 saturated heterocycles. The highest BCUT2D eigenvalue weighted by atomic mass is 79.9. The van der Waals surface area contributed by atoms with Gasteiger partial charge in [0.25, 0.3) is 0 Å². The largest absolute Gasteiger partial charge is 0.487 e. The molecule has 0 radical (unpaired) electrons. The van der Waals surface area contributed by atoms with Crippen molar-refractivity contribution in [3.05, 3.63) is 22.7 Å². The fraction of sp³-hybridized carbons (Fsp3) is 0.500. The molecule has 0 aliphatic rings. The molecule has 1 aromatic carbocycles. The lowest BCUT2D eigenvalue weighted by molar-refractivity contribution is -0.143. The molecule has 18 heavy (non-hydrogen) atoms. The van der Waals surface area contributed by atoms with Gasteiger partial charge in [-0.15, -0.1) is 0 Å². The van der Waals surface area contributed by atoms with Crippen LogP contribution in [0.2, 0.25) is 0 Å². The Bertz CT molecular complexity index is 433. The number of hydrogen-bond donors (Lipinski definition) is 0. The van der Waals surface area contributed by atoms with Crippen molar-refractivity contribution in [1.82, 2.24) is 0 Å². The highest BCUT2D eigenvalue weighted by Crippen LogP contribution is 2.33. The SMILES string of the molecule is CC(C)Oc1ccc(Br)cc1OC(=O)C(C)(C)C. The van der Waals surface area contributed by atoms with E-state index in [1.165, 1.54) is 0 Å². The Labute approximate surface area is 117 Å². The van der Waals surface area contributed by atoms with Crippen LogP contribution in [0.1, 0.15) is 34.6 Å². The van der Waals surface area contributed by atoms with E-state index in [2.05, 4.69) is 15.9 Å². The Hall–Kier alpha value is -1.03. The van der Waals surface area contributed by atoms with Crippen molar-refractivity contribution in [3.63, 3.8) is 0 Å². The number of carbonyl (C=O) groups is 1. The first-order chi connectivity index (χ1) is 8.20. The maximum Gasteiger partial charge on any atom is 0.316 e. The van der Waals surface area contributed by atoms with Gasteiger partial charge in [0.1, 0.15) is 0 Å². The van der Waals surface area contributed by atoms with Crippen LogP contribution in [0.25, 0.3) is 0 Å². The molecule has 3 nitrogen and oxygen atoms in total. The Morgan fingerprint density at radius 1 is 1.22 bits per heavy atom. The summed E-state index contributed by atoms with van der Waals surface area (Å²) >= 11 is 3.36. The fourth-order valence-electron chi connectivity index (χ4n) is 1.17. The van der Waals surface area contributed by atoms with Crippen LogP contribution in [0.5, 0.6) is 11.5 Å². The van der Waals surface area contributed by atoms with Gasteiger partial charge in [0.15, 0.2) is 11.5 Å². The minimum absolute atomic E-state index is 0.0262. The highest BCUT2D eigenvalue weighted by molar-refractivity contribution is 9.10. The molecule has 100 valence electrons. The van der Waals surface area contributed by atoms with Gasteiger partial charge in [0.2, 0.25) is 0 Å². The monoisotopic (exact) mass is 314 g/mol. The normalized spacial score (nSPS) is 11.5. The van der Waals surface area contributed by atoms with Crippen LogP contribution in [-0.2, 0) is 4.79 Å². The molecule has 0 aliphatic heterocycles. The van der Waals surface area contributed by atoms with Gasteiger partial charge in [-0.3, -0.25) is 4.79 Å². The summed E-state index contributed by atoms with van der Waals surface area (Å²) in [5, 5.41) is 0. The van der Waals surface area contributed by atoms with Crippen molar-refractivity contribution < 1.29 is 14.3 Å². The first-order valence-corrected chi connectivity index (χ1v) is 6.68. The Morgan fingerprint density at radius 2 is 1.83 bits per heavy atom. The molecule has 0 aromatic heterocycles. The summed E-state index contributed by atoms with van der Waals surface area (Å²) in [6.45, 7) is 9.30. The second-order valence-corrected chi connectivity index (χ2v) is 6.31. The molecule has 1 rings (SSSR count). The summed E-state index contributed by atoms with van der Waals surface area (Å²) in [5.74, 6) is 0.734. The lowest BCUT2D eigenvalue weighted by atomic mass is 9.97. The first kappa shape index (κ1) is 15.0. The summed E-state index contributed by atoms with van der Waals surface area (Å²) in [6, 6.07) is 5.38. The Morgan fingerprint density at radius 3 is 2.33 bits per heavy atom. The average Bonchev–Trinajstić information content (AvgIpc) is 2.20. The molecule has 0 N–H and O–H groups in total. The van der Waals surface area contributed by atoms with E-state index < -0.39 is 5.41 Å². The molecule has 0 heterocycles. The van der Waals surface area contributed by atoms with Crippen LogP contribution in [0.4, 0.5) is 0 Å². The van der Waals surface area contributed by atoms with Gasteiger partial charge in [-0.05, 0) is 52.8 Å². The number of hydrogen-bond acceptors (Lipinski definition) is 3. The van der Waals surface area contributed by atoms with E-state index >= 15 is 0 Å². The minimum Gasteiger partial charge on any atom is -0.487 e. The van der Waals surface area contributed by atoms with Gasteiger partial charge in [-0.1, -0.05) is 15.9 Å². The predicted molar refractivity (Wildman–Crippen MR) is 75.0 cm³/mol. The van der Waals surface area contributed by atoms with Gasteiger partial charge in [-0.25, -0.2) is 0 Å². The highest BCUT2D eigenvalue weighted by Gasteiger charge is 2.25. The third-order valence-electron chi connectivity index (χ3n) is 2.08. The van der Waals surface area contributed by atoms with Crippen molar-refractivity contribution in [1.29, 1.82) is 0 Å². The van der Waals surface area contributed by atoms with Crippen LogP contribution in [0, 0.1) is 5.41 Å². The number of esters is 1. The zero-order valence-electron chi connectivity index (χ0n) is 11.4. The average molecular weight is 315 g/mol. The van der Waals surface area contributed by atoms with Crippen molar-refractivity contribution in [3.8, 4) is 11.5 Å². The molecule has 0 amide bonds. The summed E-state index contributed by atoms with van der Waals surface area (Å²) < 4.78 is 11.9. The van der Waals surface area contributed by atoms with Crippen molar-refractivity contribution in [2.45, 2.75) is 40.7 Å². The first-order valence-electron chi connectivity index (χ1n) is 5.88. The molecular formula is C14H19BrO3. The molecule has 0 saturated carbocycles. The van der Waals surface area contributed by atoms with E-state index in [4.69, 9.17) is 9.47 Å². The molecule has 4 heteroatoms. The molecule has 0 spiro atoms. The number of ether oxygens (including phenoxy) is 2. The summed E-state index contributed by atoms with van der Waals surface area (Å²) in [7, 11) is 0. The van der Waals surface area contributed by atoms with Crippen molar-refractivity contribution >= 4 is 21.9 Å². The number of halogens is 1. The molecule has 0 bridgehead atoms. The molecule has 0 aliphatic carbocycles. The Balaban J connectivity index is 2.99. The minimum atomic E-state index is -0.544. The van der Waals surface area contributed by atoms with Crippen molar-refractivity contribution in [2.24, 2.45) is 5.41 Å². The van der Waals surface area contributed by atoms with E-state index in [1.54, 1.807) is 12.1 Å². The molecular weight excluding hydrogens is 296 g/mol. The van der Waals surface area contributed by atoms with E-state index in [1.807, 2.05) is 40.7 Å². The smallest absolute Gasteiger partial charge is 0.316 e. The topological polar surface area (TPSA) is 35.5 Å². The van der Waals surface area contributed by atoms with E-state index in [0.29, 0.717) is 11.5 Å². The predicted octanol–water partition coefficient (Wildman–Crippen LogP) is 4.19. The Kier molecular flexibility index (Phi) is 4.79. The summed E-state index contributed by atoms with van der Waals surface area (Å²) in [6.07, 6.45) is 0.0262. The van der Waals surface area contributed by atoms with Crippen molar-refractivity contribution in [2.75, 3.05) is 0 Å². The third kappa shape index (κ3) is 4.33. The third-order valence-corrected chi connectivity index (χ3v) is 2.58. The molecule has 0 atom stereocenters. The molecule has 1 aromatic rings. The summed E-state index contributed by atoms with van der Waals surface area (Å²) in [4.78, 5) is 11.9. The second-order valence-electron chi connectivity index (χ2n) is 5.40. The summed E-state index contributed by atoms with van der Waals surface area (Å²) in [5.41, 5.74) is -0.544. The lowest BCUT2D eigenvalue weighted by Gasteiger charge is -2.19. The van der Waals surface area contributed by atoms with E-state index in [-0.39, 0.29) is 12.1 Å². The van der Waals surface area contributed by atoms with Gasteiger partial charge >= 0.3 is 5.97 Å². The lowest BCUT2D eigenvalue weighted by Crippen LogP contribution is -2.26.